The van der Waals surface area contributed by atoms with Gasteiger partial charge in [0.2, 0.25) is 0 Å². The van der Waals surface area contributed by atoms with Gasteiger partial charge in [0, 0.05) is 36.2 Å². The zero-order valence-corrected chi connectivity index (χ0v) is 18.0. The Morgan fingerprint density at radius 1 is 1.15 bits per heavy atom. The summed E-state index contributed by atoms with van der Waals surface area (Å²) < 4.78 is 0.834. The number of piperazine rings is 1. The Morgan fingerprint density at radius 3 is 2.56 bits per heavy atom. The molecule has 1 heterocycles. The summed E-state index contributed by atoms with van der Waals surface area (Å²) in [6.45, 7) is 3.70. The van der Waals surface area contributed by atoms with E-state index < -0.39 is 0 Å². The van der Waals surface area contributed by atoms with E-state index in [-0.39, 0.29) is 11.0 Å². The molecule has 0 unspecified atom stereocenters. The fraction of sp³-hybridized carbons (Fsp3) is 0.263. The second-order valence-corrected chi connectivity index (χ2v) is 8.08. The number of nitrogens with zero attached hydrogens (tertiary/aromatic N) is 2. The van der Waals surface area contributed by atoms with E-state index in [1.165, 1.54) is 0 Å². The number of benzene rings is 2. The highest BCUT2D eigenvalue weighted by Crippen LogP contribution is 2.34. The van der Waals surface area contributed by atoms with E-state index >= 15 is 0 Å². The maximum absolute atomic E-state index is 12.4. The number of halogens is 2. The first-order valence-electron chi connectivity index (χ1n) is 8.54. The van der Waals surface area contributed by atoms with Gasteiger partial charge in [-0.25, -0.2) is 0 Å². The molecule has 1 aliphatic rings. The van der Waals surface area contributed by atoms with Gasteiger partial charge in [-0.05, 0) is 49.6 Å². The topological polar surface area (TPSA) is 47.6 Å². The predicted molar refractivity (Wildman–Crippen MR) is 119 cm³/mol. The maximum Gasteiger partial charge on any atom is 0.257 e. The molecule has 1 amide bonds. The van der Waals surface area contributed by atoms with Crippen LogP contribution in [0.3, 0.4) is 0 Å². The van der Waals surface area contributed by atoms with Gasteiger partial charge in [0.1, 0.15) is 0 Å². The number of hydrogen-bond donors (Lipinski definition) is 2. The summed E-state index contributed by atoms with van der Waals surface area (Å²) in [5.41, 5.74) is 2.22. The predicted octanol–water partition coefficient (Wildman–Crippen LogP) is 3.98. The van der Waals surface area contributed by atoms with Crippen LogP contribution in [0.2, 0.25) is 5.02 Å². The molecule has 27 heavy (non-hydrogen) atoms. The number of likely N-dealkylation sites (N-methyl/N-ethyl adjacent to an activating group) is 1. The van der Waals surface area contributed by atoms with Crippen molar-refractivity contribution in [2.75, 3.05) is 43.4 Å². The molecule has 0 aromatic heterocycles. The third kappa shape index (κ3) is 5.19. The van der Waals surface area contributed by atoms with Gasteiger partial charge < -0.3 is 15.1 Å². The summed E-state index contributed by atoms with van der Waals surface area (Å²) in [7, 11) is 2.11. The van der Waals surface area contributed by atoms with Gasteiger partial charge in [-0.15, -0.1) is 0 Å². The summed E-state index contributed by atoms with van der Waals surface area (Å²) >= 11 is 15.2. The number of thiocarbonyl (C=S) groups is 1. The normalized spacial score (nSPS) is 14.7. The first-order valence-corrected chi connectivity index (χ1v) is 10.1. The molecule has 2 aromatic carbocycles. The lowest BCUT2D eigenvalue weighted by molar-refractivity contribution is 0.0977. The molecular weight excluding hydrogens is 448 g/mol. The van der Waals surface area contributed by atoms with E-state index in [0.717, 1.165) is 42.0 Å². The van der Waals surface area contributed by atoms with Crippen LogP contribution in [0.4, 0.5) is 11.4 Å². The zero-order chi connectivity index (χ0) is 19.4. The molecule has 8 heteroatoms. The number of carbonyl (C=O) groups excluding carboxylic acids is 1. The number of para-hydroxylation sites is 1. The molecule has 1 saturated heterocycles. The molecule has 0 atom stereocenters. The third-order valence-corrected chi connectivity index (χ3v) is 5.37. The summed E-state index contributed by atoms with van der Waals surface area (Å²) in [5, 5.41) is 6.73. The van der Waals surface area contributed by atoms with Crippen molar-refractivity contribution < 1.29 is 4.79 Å². The Kier molecular flexibility index (Phi) is 6.70. The van der Waals surface area contributed by atoms with Gasteiger partial charge in [-0.1, -0.05) is 39.7 Å². The molecule has 0 bridgehead atoms. The van der Waals surface area contributed by atoms with E-state index in [2.05, 4.69) is 43.4 Å². The van der Waals surface area contributed by atoms with Crippen LogP contribution in [-0.2, 0) is 0 Å². The van der Waals surface area contributed by atoms with Crippen LogP contribution in [0.25, 0.3) is 0 Å². The fourth-order valence-electron chi connectivity index (χ4n) is 2.93. The second kappa shape index (κ2) is 9.01. The molecule has 3 rings (SSSR count). The number of amides is 1. The van der Waals surface area contributed by atoms with Crippen LogP contribution >= 0.6 is 39.7 Å². The van der Waals surface area contributed by atoms with E-state index in [0.29, 0.717) is 10.6 Å². The second-order valence-electron chi connectivity index (χ2n) is 6.34. The van der Waals surface area contributed by atoms with Crippen molar-refractivity contribution >= 4 is 62.1 Å². The number of carbonyl (C=O) groups is 1. The van der Waals surface area contributed by atoms with Gasteiger partial charge >= 0.3 is 0 Å². The van der Waals surface area contributed by atoms with Crippen LogP contribution < -0.4 is 15.5 Å². The largest absolute Gasteiger partial charge is 0.366 e. The summed E-state index contributed by atoms with van der Waals surface area (Å²) in [4.78, 5) is 16.9. The van der Waals surface area contributed by atoms with Crippen molar-refractivity contribution in [3.63, 3.8) is 0 Å². The van der Waals surface area contributed by atoms with Crippen molar-refractivity contribution in [2.45, 2.75) is 0 Å². The van der Waals surface area contributed by atoms with Crippen molar-refractivity contribution in [2.24, 2.45) is 0 Å². The minimum Gasteiger partial charge on any atom is -0.366 e. The monoisotopic (exact) mass is 466 g/mol. The average Bonchev–Trinajstić information content (AvgIpc) is 2.63. The Hall–Kier alpha value is -1.67. The molecule has 0 aliphatic carbocycles. The highest BCUT2D eigenvalue weighted by molar-refractivity contribution is 9.10. The minimum absolute atomic E-state index is 0.234. The molecule has 1 aliphatic heterocycles. The van der Waals surface area contributed by atoms with Crippen molar-refractivity contribution in [3.05, 3.63) is 57.5 Å². The molecular formula is C19H20BrClN4OS. The van der Waals surface area contributed by atoms with Crippen molar-refractivity contribution in [3.8, 4) is 0 Å². The van der Waals surface area contributed by atoms with Gasteiger partial charge in [-0.2, -0.15) is 0 Å². The maximum atomic E-state index is 12.4. The molecule has 2 N–H and O–H groups in total. The van der Waals surface area contributed by atoms with E-state index in [1.807, 2.05) is 24.3 Å². The summed E-state index contributed by atoms with van der Waals surface area (Å²) in [6.07, 6.45) is 0. The SMILES string of the molecule is CN1CCN(c2c(Cl)cccc2NC(=S)NC(=O)c2cccc(Br)c2)CC1. The van der Waals surface area contributed by atoms with Gasteiger partial charge in [0.05, 0.1) is 16.4 Å². The molecule has 1 fully saturated rings. The van der Waals surface area contributed by atoms with Gasteiger partial charge in [-0.3, -0.25) is 10.1 Å². The van der Waals surface area contributed by atoms with E-state index in [9.17, 15) is 4.79 Å². The lowest BCUT2D eigenvalue weighted by Crippen LogP contribution is -2.45. The highest BCUT2D eigenvalue weighted by atomic mass is 79.9. The number of hydrogen-bond acceptors (Lipinski definition) is 4. The smallest absolute Gasteiger partial charge is 0.257 e. The van der Waals surface area contributed by atoms with Crippen LogP contribution in [0, 0.1) is 0 Å². The number of nitrogens with one attached hydrogen (secondary N) is 2. The lowest BCUT2D eigenvalue weighted by atomic mass is 10.2. The van der Waals surface area contributed by atoms with Crippen molar-refractivity contribution in [1.29, 1.82) is 0 Å². The standard InChI is InChI=1S/C19H20BrClN4OS/c1-24-8-10-25(11-9-24)17-15(21)6-3-7-16(17)22-19(27)23-18(26)13-4-2-5-14(20)12-13/h2-7,12H,8-11H2,1H3,(H2,22,23,26,27). The van der Waals surface area contributed by atoms with Crippen LogP contribution in [0.1, 0.15) is 10.4 Å². The Morgan fingerprint density at radius 2 is 1.85 bits per heavy atom. The summed E-state index contributed by atoms with van der Waals surface area (Å²) in [6, 6.07) is 12.8. The van der Waals surface area contributed by atoms with E-state index in [4.69, 9.17) is 23.8 Å². The van der Waals surface area contributed by atoms with Gasteiger partial charge in [0.15, 0.2) is 5.11 Å². The first-order chi connectivity index (χ1) is 12.9. The zero-order valence-electron chi connectivity index (χ0n) is 14.8. The molecule has 0 radical (unpaired) electrons. The third-order valence-electron chi connectivity index (χ3n) is 4.37. The van der Waals surface area contributed by atoms with Crippen LogP contribution in [0.5, 0.6) is 0 Å². The van der Waals surface area contributed by atoms with Crippen LogP contribution in [-0.4, -0.2) is 49.1 Å². The fourth-order valence-corrected chi connectivity index (χ4v) is 3.82. The summed E-state index contributed by atoms with van der Waals surface area (Å²) in [5.74, 6) is -0.267. The van der Waals surface area contributed by atoms with Gasteiger partial charge in [0.25, 0.3) is 5.91 Å². The lowest BCUT2D eigenvalue weighted by Gasteiger charge is -2.35. The number of anilines is 2. The molecule has 5 nitrogen and oxygen atoms in total. The molecule has 2 aromatic rings. The Balaban J connectivity index is 1.72. The number of rotatable bonds is 3. The van der Waals surface area contributed by atoms with E-state index in [1.54, 1.807) is 18.2 Å². The van der Waals surface area contributed by atoms with Crippen molar-refractivity contribution in [1.82, 2.24) is 10.2 Å². The van der Waals surface area contributed by atoms with Crippen LogP contribution in [0.15, 0.2) is 46.9 Å². The minimum atomic E-state index is -0.267. The Labute approximate surface area is 177 Å². The average molecular weight is 468 g/mol. The highest BCUT2D eigenvalue weighted by Gasteiger charge is 2.20. The molecule has 0 spiro atoms. The molecule has 0 saturated carbocycles. The quantitative estimate of drug-likeness (QED) is 0.669. The molecule has 142 valence electrons. The first kappa shape index (κ1) is 20.1. The Bertz CT molecular complexity index is 855.